The summed E-state index contributed by atoms with van der Waals surface area (Å²) in [6.45, 7) is 4.78. The van der Waals surface area contributed by atoms with Crippen molar-refractivity contribution in [3.8, 4) is 0 Å². The van der Waals surface area contributed by atoms with Crippen LogP contribution in [0.25, 0.3) is 0 Å². The molecular weight excluding hydrogens is 294 g/mol. The van der Waals surface area contributed by atoms with E-state index in [2.05, 4.69) is 24.2 Å². The fraction of sp³-hybridized carbons (Fsp3) is 0.692. The average molecular weight is 317 g/mol. The van der Waals surface area contributed by atoms with Gasteiger partial charge in [-0.1, -0.05) is 6.92 Å². The molecule has 7 heteroatoms. The average Bonchev–Trinajstić information content (AvgIpc) is 2.89. The zero-order valence-corrected chi connectivity index (χ0v) is 13.9. The Kier molecular flexibility index (Phi) is 5.19. The first-order valence-electron chi connectivity index (χ1n) is 6.92. The lowest BCUT2D eigenvalue weighted by atomic mass is 10.1. The summed E-state index contributed by atoms with van der Waals surface area (Å²) in [6.07, 6.45) is 0.970. The Balaban J connectivity index is 2.17. The molecule has 0 spiro atoms. The van der Waals surface area contributed by atoms with Crippen LogP contribution in [0, 0.1) is 0 Å². The third-order valence-electron chi connectivity index (χ3n) is 3.79. The van der Waals surface area contributed by atoms with Crippen LogP contribution in [-0.2, 0) is 16.6 Å². The van der Waals surface area contributed by atoms with E-state index in [1.807, 2.05) is 13.1 Å². The Morgan fingerprint density at radius 1 is 1.40 bits per heavy atom. The van der Waals surface area contributed by atoms with E-state index in [9.17, 15) is 8.42 Å². The number of piperazine rings is 1. The second kappa shape index (κ2) is 6.53. The standard InChI is InChI=1S/C13H23N3O2S2/c1-4-11-10-16(8-7-15(11)3)20(17,18)13-6-5-12(19-13)9-14-2/h5-6,11,14H,4,7-10H2,1-3H3. The Morgan fingerprint density at radius 3 is 2.80 bits per heavy atom. The van der Waals surface area contributed by atoms with Gasteiger partial charge in [-0.3, -0.25) is 0 Å². The number of hydrogen-bond donors (Lipinski definition) is 1. The van der Waals surface area contributed by atoms with Crippen molar-refractivity contribution in [2.24, 2.45) is 0 Å². The first-order chi connectivity index (χ1) is 9.48. The van der Waals surface area contributed by atoms with Gasteiger partial charge in [-0.05, 0) is 32.6 Å². The molecule has 2 rings (SSSR count). The number of nitrogens with one attached hydrogen (secondary N) is 1. The van der Waals surface area contributed by atoms with Crippen molar-refractivity contribution >= 4 is 21.4 Å². The molecule has 0 saturated carbocycles. The van der Waals surface area contributed by atoms with Crippen LogP contribution >= 0.6 is 11.3 Å². The maximum absolute atomic E-state index is 12.7. The second-order valence-electron chi connectivity index (χ2n) is 5.16. The lowest BCUT2D eigenvalue weighted by Gasteiger charge is -2.38. The van der Waals surface area contributed by atoms with Crippen LogP contribution in [0.4, 0.5) is 0 Å². The van der Waals surface area contributed by atoms with Crippen LogP contribution in [0.1, 0.15) is 18.2 Å². The number of thiophene rings is 1. The summed E-state index contributed by atoms with van der Waals surface area (Å²) in [6, 6.07) is 3.93. The molecule has 1 aromatic heterocycles. The van der Waals surface area contributed by atoms with Gasteiger partial charge in [-0.2, -0.15) is 4.31 Å². The largest absolute Gasteiger partial charge is 0.315 e. The van der Waals surface area contributed by atoms with Crippen molar-refractivity contribution in [2.45, 2.75) is 30.1 Å². The second-order valence-corrected chi connectivity index (χ2v) is 8.49. The Hall–Kier alpha value is -0.470. The van der Waals surface area contributed by atoms with Gasteiger partial charge < -0.3 is 10.2 Å². The summed E-state index contributed by atoms with van der Waals surface area (Å²) in [5, 5.41) is 3.05. The van der Waals surface area contributed by atoms with Gasteiger partial charge in [0.1, 0.15) is 4.21 Å². The monoisotopic (exact) mass is 317 g/mol. The summed E-state index contributed by atoms with van der Waals surface area (Å²) in [7, 11) is 0.597. The highest BCUT2D eigenvalue weighted by molar-refractivity contribution is 7.91. The molecule has 2 heterocycles. The van der Waals surface area contributed by atoms with Crippen molar-refractivity contribution in [1.29, 1.82) is 0 Å². The van der Waals surface area contributed by atoms with E-state index in [-0.39, 0.29) is 0 Å². The predicted molar refractivity (Wildman–Crippen MR) is 82.6 cm³/mol. The molecule has 0 aromatic carbocycles. The van der Waals surface area contributed by atoms with Crippen LogP contribution in [0.15, 0.2) is 16.3 Å². The number of likely N-dealkylation sites (N-methyl/N-ethyl adjacent to an activating group) is 1. The number of nitrogens with zero attached hydrogens (tertiary/aromatic N) is 2. The minimum Gasteiger partial charge on any atom is -0.315 e. The Labute approximate surface area is 125 Å². The molecule has 1 aliphatic rings. The molecule has 114 valence electrons. The molecule has 0 radical (unpaired) electrons. The zero-order chi connectivity index (χ0) is 14.8. The van der Waals surface area contributed by atoms with Crippen molar-refractivity contribution in [1.82, 2.24) is 14.5 Å². The summed E-state index contributed by atoms with van der Waals surface area (Å²) in [5.41, 5.74) is 0. The predicted octanol–water partition coefficient (Wildman–Crippen LogP) is 1.18. The van der Waals surface area contributed by atoms with Crippen molar-refractivity contribution in [3.63, 3.8) is 0 Å². The van der Waals surface area contributed by atoms with Gasteiger partial charge in [0.25, 0.3) is 10.0 Å². The molecular formula is C13H23N3O2S2. The SMILES string of the molecule is CCC1CN(S(=O)(=O)c2ccc(CNC)s2)CCN1C. The van der Waals surface area contributed by atoms with E-state index < -0.39 is 10.0 Å². The highest BCUT2D eigenvalue weighted by atomic mass is 32.2. The maximum atomic E-state index is 12.7. The fourth-order valence-corrected chi connectivity index (χ4v) is 5.46. The van der Waals surface area contributed by atoms with E-state index in [0.29, 0.717) is 29.9 Å². The van der Waals surface area contributed by atoms with E-state index >= 15 is 0 Å². The van der Waals surface area contributed by atoms with Gasteiger partial charge >= 0.3 is 0 Å². The fourth-order valence-electron chi connectivity index (χ4n) is 2.47. The van der Waals surface area contributed by atoms with Crippen LogP contribution in [-0.4, -0.2) is 57.4 Å². The summed E-state index contributed by atoms with van der Waals surface area (Å²) >= 11 is 1.36. The topological polar surface area (TPSA) is 52.7 Å². The van der Waals surface area contributed by atoms with Crippen LogP contribution in [0.5, 0.6) is 0 Å². The number of hydrogen-bond acceptors (Lipinski definition) is 5. The molecule has 1 unspecified atom stereocenters. The number of rotatable bonds is 5. The highest BCUT2D eigenvalue weighted by Crippen LogP contribution is 2.26. The molecule has 20 heavy (non-hydrogen) atoms. The van der Waals surface area contributed by atoms with Gasteiger partial charge in [0, 0.05) is 37.1 Å². The van der Waals surface area contributed by atoms with Crippen molar-refractivity contribution in [2.75, 3.05) is 33.7 Å². The van der Waals surface area contributed by atoms with Crippen LogP contribution < -0.4 is 5.32 Å². The summed E-state index contributed by atoms with van der Waals surface area (Å²) in [5.74, 6) is 0. The molecule has 1 aliphatic heterocycles. The lowest BCUT2D eigenvalue weighted by Crippen LogP contribution is -2.52. The zero-order valence-electron chi connectivity index (χ0n) is 12.3. The molecule has 5 nitrogen and oxygen atoms in total. The van der Waals surface area contributed by atoms with Crippen LogP contribution in [0.2, 0.25) is 0 Å². The molecule has 0 bridgehead atoms. The molecule has 1 N–H and O–H groups in total. The van der Waals surface area contributed by atoms with Crippen molar-refractivity contribution in [3.05, 3.63) is 17.0 Å². The molecule has 1 atom stereocenters. The molecule has 0 amide bonds. The van der Waals surface area contributed by atoms with Gasteiger partial charge in [0.2, 0.25) is 0 Å². The van der Waals surface area contributed by atoms with E-state index in [0.717, 1.165) is 17.8 Å². The number of sulfonamides is 1. The van der Waals surface area contributed by atoms with Gasteiger partial charge in [0.05, 0.1) is 0 Å². The minimum atomic E-state index is -3.33. The highest BCUT2D eigenvalue weighted by Gasteiger charge is 2.32. The molecule has 0 aliphatic carbocycles. The Morgan fingerprint density at radius 2 is 2.15 bits per heavy atom. The van der Waals surface area contributed by atoms with Crippen molar-refractivity contribution < 1.29 is 8.42 Å². The first kappa shape index (κ1) is 15.9. The first-order valence-corrected chi connectivity index (χ1v) is 9.18. The summed E-state index contributed by atoms with van der Waals surface area (Å²) in [4.78, 5) is 3.29. The van der Waals surface area contributed by atoms with Gasteiger partial charge in [0.15, 0.2) is 0 Å². The quantitative estimate of drug-likeness (QED) is 0.886. The Bertz CT molecular complexity index is 542. The van der Waals surface area contributed by atoms with Crippen LogP contribution in [0.3, 0.4) is 0 Å². The molecule has 1 aromatic rings. The van der Waals surface area contributed by atoms with Gasteiger partial charge in [-0.15, -0.1) is 11.3 Å². The van der Waals surface area contributed by atoms with E-state index in [4.69, 9.17) is 0 Å². The molecule has 1 fully saturated rings. The third-order valence-corrected chi connectivity index (χ3v) is 7.21. The maximum Gasteiger partial charge on any atom is 0.252 e. The molecule has 1 saturated heterocycles. The smallest absolute Gasteiger partial charge is 0.252 e. The van der Waals surface area contributed by atoms with E-state index in [1.165, 1.54) is 11.3 Å². The summed E-state index contributed by atoms with van der Waals surface area (Å²) < 4.78 is 27.4. The van der Waals surface area contributed by atoms with Gasteiger partial charge in [-0.25, -0.2) is 8.42 Å². The lowest BCUT2D eigenvalue weighted by molar-refractivity contribution is 0.144. The minimum absolute atomic E-state index is 0.315. The normalized spacial score (nSPS) is 22.2. The van der Waals surface area contributed by atoms with E-state index in [1.54, 1.807) is 10.4 Å². The third kappa shape index (κ3) is 3.23.